The van der Waals surface area contributed by atoms with E-state index in [0.717, 1.165) is 36.8 Å². The lowest BCUT2D eigenvalue weighted by Gasteiger charge is -2.29. The number of carbonyl (C=O) groups excluding carboxylic acids is 1. The fourth-order valence-electron chi connectivity index (χ4n) is 3.50. The molecule has 0 aliphatic rings. The number of benzene rings is 2. The molecule has 1 N–H and O–H groups in total. The van der Waals surface area contributed by atoms with Crippen LogP contribution in [0.1, 0.15) is 43.7 Å². The maximum absolute atomic E-state index is 13.0. The Bertz CT molecular complexity index is 936. The van der Waals surface area contributed by atoms with Crippen LogP contribution in [0.15, 0.2) is 59.5 Å². The van der Waals surface area contributed by atoms with Gasteiger partial charge in [-0.05, 0) is 36.1 Å². The molecule has 0 aromatic heterocycles. The second-order valence-electron chi connectivity index (χ2n) is 9.24. The molecule has 32 heavy (non-hydrogen) atoms. The van der Waals surface area contributed by atoms with E-state index in [-0.39, 0.29) is 17.9 Å². The Morgan fingerprint density at radius 1 is 0.969 bits per heavy atom. The van der Waals surface area contributed by atoms with Crippen LogP contribution in [0.2, 0.25) is 0 Å². The highest BCUT2D eigenvalue weighted by molar-refractivity contribution is 7.89. The van der Waals surface area contributed by atoms with Gasteiger partial charge in [0.05, 0.1) is 45.0 Å². The fraction of sp³-hybridized carbons (Fsp3) is 0.480. The van der Waals surface area contributed by atoms with Crippen molar-refractivity contribution in [3.63, 3.8) is 0 Å². The Morgan fingerprint density at radius 3 is 2.22 bits per heavy atom. The van der Waals surface area contributed by atoms with Gasteiger partial charge in [-0.3, -0.25) is 4.79 Å². The molecule has 0 saturated carbocycles. The van der Waals surface area contributed by atoms with Crippen molar-refractivity contribution in [2.24, 2.45) is 0 Å². The number of hydrogen-bond donors (Lipinski definition) is 1. The predicted octanol–water partition coefficient (Wildman–Crippen LogP) is 3.91. The van der Waals surface area contributed by atoms with Gasteiger partial charge in [0, 0.05) is 0 Å². The van der Waals surface area contributed by atoms with Gasteiger partial charge in [0.25, 0.3) is 0 Å². The Kier molecular flexibility index (Phi) is 9.87. The summed E-state index contributed by atoms with van der Waals surface area (Å²) in [7, 11) is 2.13. The summed E-state index contributed by atoms with van der Waals surface area (Å²) in [6.45, 7) is 2.78. The average Bonchev–Trinajstić information content (AvgIpc) is 2.72. The van der Waals surface area contributed by atoms with Gasteiger partial charge in [-0.15, -0.1) is 0 Å². The minimum Gasteiger partial charge on any atom is -0.461 e. The summed E-state index contributed by atoms with van der Waals surface area (Å²) in [5.41, 5.74) is 2.02. The van der Waals surface area contributed by atoms with Gasteiger partial charge in [0.15, 0.2) is 0 Å². The number of carbonyl (C=O) groups is 1. The minimum absolute atomic E-state index is 0.0311. The summed E-state index contributed by atoms with van der Waals surface area (Å²) in [6.07, 6.45) is 4.32. The van der Waals surface area contributed by atoms with E-state index in [4.69, 9.17) is 4.74 Å². The third-order valence-electron chi connectivity index (χ3n) is 5.05. The normalized spacial score (nSPS) is 13.0. The first-order valence-electron chi connectivity index (χ1n) is 11.2. The molecule has 0 aliphatic heterocycles. The topological polar surface area (TPSA) is 72.5 Å². The molecule has 0 spiro atoms. The molecule has 0 aliphatic carbocycles. The zero-order chi connectivity index (χ0) is 23.6. The van der Waals surface area contributed by atoms with Gasteiger partial charge >= 0.3 is 5.97 Å². The summed E-state index contributed by atoms with van der Waals surface area (Å²) >= 11 is 0. The van der Waals surface area contributed by atoms with E-state index in [1.165, 1.54) is 0 Å². The second kappa shape index (κ2) is 12.1. The molecule has 2 rings (SSSR count). The molecule has 2 aromatic rings. The number of quaternary nitrogens is 1. The van der Waals surface area contributed by atoms with Gasteiger partial charge in [0.1, 0.15) is 6.61 Å². The zero-order valence-corrected chi connectivity index (χ0v) is 20.5. The van der Waals surface area contributed by atoms with Crippen molar-refractivity contribution < 1.29 is 22.4 Å². The van der Waals surface area contributed by atoms with Crippen LogP contribution in [0.4, 0.5) is 0 Å². The lowest BCUT2D eigenvalue weighted by molar-refractivity contribution is -0.871. The van der Waals surface area contributed by atoms with Crippen LogP contribution in [0.5, 0.6) is 0 Å². The Balaban J connectivity index is 2.03. The van der Waals surface area contributed by atoms with Crippen molar-refractivity contribution in [2.75, 3.05) is 27.7 Å². The van der Waals surface area contributed by atoms with Crippen molar-refractivity contribution >= 4 is 16.0 Å². The highest BCUT2D eigenvalue weighted by Gasteiger charge is 2.27. The highest BCUT2D eigenvalue weighted by atomic mass is 32.2. The minimum atomic E-state index is -3.75. The third-order valence-corrected chi connectivity index (χ3v) is 6.58. The molecule has 0 bridgehead atoms. The number of ether oxygens (including phenoxy) is 1. The molecular formula is C25H37N2O4S+. The van der Waals surface area contributed by atoms with Crippen LogP contribution < -0.4 is 4.72 Å². The number of aryl methyl sites for hydroxylation is 1. The van der Waals surface area contributed by atoms with Gasteiger partial charge < -0.3 is 9.22 Å². The van der Waals surface area contributed by atoms with Crippen LogP contribution in [0.25, 0.3) is 0 Å². The van der Waals surface area contributed by atoms with Crippen LogP contribution >= 0.6 is 0 Å². The molecule has 0 heterocycles. The number of hydrogen-bond acceptors (Lipinski definition) is 4. The van der Waals surface area contributed by atoms with E-state index in [9.17, 15) is 13.2 Å². The molecule has 0 radical (unpaired) electrons. The van der Waals surface area contributed by atoms with Crippen LogP contribution in [-0.4, -0.2) is 52.6 Å². The van der Waals surface area contributed by atoms with Gasteiger partial charge in [-0.2, -0.15) is 0 Å². The molecule has 0 unspecified atom stereocenters. The number of unbranched alkanes of at least 4 members (excludes halogenated alkanes) is 2. The molecule has 0 amide bonds. The monoisotopic (exact) mass is 461 g/mol. The number of likely N-dealkylation sites (N-methyl/N-ethyl adjacent to an activating group) is 1. The molecule has 7 heteroatoms. The third kappa shape index (κ3) is 9.51. The number of nitrogens with one attached hydrogen (secondary N) is 1. The maximum atomic E-state index is 13.0. The summed E-state index contributed by atoms with van der Waals surface area (Å²) < 4.78 is 34.6. The Morgan fingerprint density at radius 2 is 1.62 bits per heavy atom. The van der Waals surface area contributed by atoms with Crippen molar-refractivity contribution in [3.8, 4) is 0 Å². The van der Waals surface area contributed by atoms with E-state index in [0.29, 0.717) is 11.0 Å². The molecule has 1 atom stereocenters. The summed E-state index contributed by atoms with van der Waals surface area (Å²) in [5.74, 6) is -0.429. The van der Waals surface area contributed by atoms with Gasteiger partial charge in [-0.1, -0.05) is 62.2 Å². The van der Waals surface area contributed by atoms with Crippen molar-refractivity contribution in [3.05, 3.63) is 65.7 Å². The lowest BCUT2D eigenvalue weighted by Crippen LogP contribution is -2.49. The van der Waals surface area contributed by atoms with Crippen molar-refractivity contribution in [1.82, 2.24) is 4.72 Å². The largest absolute Gasteiger partial charge is 0.461 e. The molecule has 0 fully saturated rings. The van der Waals surface area contributed by atoms with Crippen LogP contribution in [-0.2, 0) is 32.6 Å². The van der Waals surface area contributed by atoms with Crippen molar-refractivity contribution in [1.29, 1.82) is 0 Å². The van der Waals surface area contributed by atoms with Gasteiger partial charge in [-0.25, -0.2) is 13.1 Å². The standard InChI is InChI=1S/C25H37N2O4S/c1-5-6-8-11-21-14-16-24(17-15-21)32(29,30)26-23(19-27(2,3)4)18-25(28)31-20-22-12-9-7-10-13-22/h7,9-10,12-17,23,26H,5-6,8,11,18-20H2,1-4H3/q+1/t23-/m1/s1. The molecule has 176 valence electrons. The van der Waals surface area contributed by atoms with E-state index >= 15 is 0 Å². The fourth-order valence-corrected chi connectivity index (χ4v) is 4.73. The zero-order valence-electron chi connectivity index (χ0n) is 19.7. The molecule has 2 aromatic carbocycles. The quantitative estimate of drug-likeness (QED) is 0.279. The van der Waals surface area contributed by atoms with Gasteiger partial charge in [0.2, 0.25) is 10.0 Å². The first-order valence-corrected chi connectivity index (χ1v) is 12.7. The van der Waals surface area contributed by atoms with Crippen molar-refractivity contribution in [2.45, 2.75) is 56.6 Å². The number of sulfonamides is 1. The first-order chi connectivity index (χ1) is 15.1. The molecular weight excluding hydrogens is 424 g/mol. The average molecular weight is 462 g/mol. The summed E-state index contributed by atoms with van der Waals surface area (Å²) in [5, 5.41) is 0. The number of esters is 1. The SMILES string of the molecule is CCCCCc1ccc(S(=O)(=O)N[C@H](CC(=O)OCc2ccccc2)C[N+](C)(C)C)cc1. The highest BCUT2D eigenvalue weighted by Crippen LogP contribution is 2.15. The van der Waals surface area contributed by atoms with E-state index in [1.807, 2.05) is 63.6 Å². The lowest BCUT2D eigenvalue weighted by atomic mass is 10.1. The maximum Gasteiger partial charge on any atom is 0.307 e. The summed E-state index contributed by atoms with van der Waals surface area (Å²) in [4.78, 5) is 12.6. The van der Waals surface area contributed by atoms with Crippen LogP contribution in [0, 0.1) is 0 Å². The second-order valence-corrected chi connectivity index (χ2v) is 11.0. The van der Waals surface area contributed by atoms with Crippen LogP contribution in [0.3, 0.4) is 0 Å². The van der Waals surface area contributed by atoms with E-state index < -0.39 is 22.0 Å². The number of nitrogens with zero attached hydrogens (tertiary/aromatic N) is 1. The molecule has 0 saturated heterocycles. The summed E-state index contributed by atoms with van der Waals surface area (Å²) in [6, 6.07) is 15.9. The smallest absolute Gasteiger partial charge is 0.307 e. The molecule has 6 nitrogen and oxygen atoms in total. The van der Waals surface area contributed by atoms with E-state index in [2.05, 4.69) is 11.6 Å². The number of rotatable bonds is 13. The Labute approximate surface area is 193 Å². The Hall–Kier alpha value is -2.22. The predicted molar refractivity (Wildman–Crippen MR) is 128 cm³/mol. The van der Waals surface area contributed by atoms with E-state index in [1.54, 1.807) is 12.1 Å². The first kappa shape index (κ1) is 26.0.